The van der Waals surface area contributed by atoms with Gasteiger partial charge >= 0.3 is 0 Å². The Morgan fingerprint density at radius 3 is 2.30 bits per heavy atom. The molecule has 3 N–H and O–H groups in total. The molecule has 2 aromatic heterocycles. The molecule has 0 spiro atoms. The van der Waals surface area contributed by atoms with E-state index >= 15 is 0 Å². The number of nitrogens with one attached hydrogen (secondary N) is 1. The Morgan fingerprint density at radius 1 is 1.00 bits per heavy atom. The van der Waals surface area contributed by atoms with Gasteiger partial charge in [-0.15, -0.1) is 0 Å². The molecule has 0 atom stereocenters. The zero-order valence-electron chi connectivity index (χ0n) is 22.0. The lowest BCUT2D eigenvalue weighted by atomic mass is 10.1. The number of ether oxygens (including phenoxy) is 3. The van der Waals surface area contributed by atoms with Crippen molar-refractivity contribution in [2.45, 2.75) is 30.4 Å². The van der Waals surface area contributed by atoms with Gasteiger partial charge in [-0.2, -0.15) is 0 Å². The third-order valence-corrected chi connectivity index (χ3v) is 9.07. The molecule has 0 aliphatic rings. The highest BCUT2D eigenvalue weighted by molar-refractivity contribution is 7.92. The Hall–Kier alpha value is -4.21. The lowest BCUT2D eigenvalue weighted by Crippen LogP contribution is -2.29. The highest BCUT2D eigenvalue weighted by Gasteiger charge is 2.32. The molecular weight excluding hydrogens is 562 g/mol. The Morgan fingerprint density at radius 2 is 1.68 bits per heavy atom. The van der Waals surface area contributed by atoms with Gasteiger partial charge in [-0.05, 0) is 50.2 Å². The molecule has 0 saturated carbocycles. The van der Waals surface area contributed by atoms with Gasteiger partial charge in [0.2, 0.25) is 0 Å². The standard InChI is InChI=1S/C25H27N5O8S2/c1-15-12-27-21(16(2)24(15)37-4)13-28-39(32,33)25-29-20-10-7-18(36-3)11-22(20)30(25)40(34,35)19-8-5-17(6-9-19)38-14-23(26)31/h5-12,28H,13-14H2,1-4H3,(H2,26,31). The number of hydrogen-bond acceptors (Lipinski definition) is 10. The van der Waals surface area contributed by atoms with Gasteiger partial charge in [0, 0.05) is 23.4 Å². The predicted molar refractivity (Wildman–Crippen MR) is 144 cm³/mol. The van der Waals surface area contributed by atoms with Crippen molar-refractivity contribution in [3.8, 4) is 17.2 Å². The molecular formula is C25H27N5O8S2. The van der Waals surface area contributed by atoms with Crippen LogP contribution in [0, 0.1) is 13.8 Å². The number of imidazole rings is 1. The molecule has 0 radical (unpaired) electrons. The minimum absolute atomic E-state index is 0.0138. The third kappa shape index (κ3) is 5.57. The fourth-order valence-corrected chi connectivity index (χ4v) is 6.91. The molecule has 1 amide bonds. The quantitative estimate of drug-likeness (QED) is 0.261. The van der Waals surface area contributed by atoms with E-state index in [1.165, 1.54) is 56.7 Å². The molecule has 2 heterocycles. The number of aryl methyl sites for hydroxylation is 1. The van der Waals surface area contributed by atoms with Crippen LogP contribution in [0.15, 0.2) is 58.7 Å². The van der Waals surface area contributed by atoms with Crippen molar-refractivity contribution in [2.75, 3.05) is 20.8 Å². The number of fused-ring (bicyclic) bond motifs is 1. The summed E-state index contributed by atoms with van der Waals surface area (Å²) >= 11 is 0. The van der Waals surface area contributed by atoms with Crippen molar-refractivity contribution in [1.29, 1.82) is 0 Å². The topological polar surface area (TPSA) is 182 Å². The van der Waals surface area contributed by atoms with E-state index in [9.17, 15) is 21.6 Å². The summed E-state index contributed by atoms with van der Waals surface area (Å²) in [5, 5.41) is -0.749. The van der Waals surface area contributed by atoms with Crippen molar-refractivity contribution in [1.82, 2.24) is 18.7 Å². The van der Waals surface area contributed by atoms with E-state index in [1.54, 1.807) is 13.1 Å². The average Bonchev–Trinajstić information content (AvgIpc) is 3.32. The number of amides is 1. The van der Waals surface area contributed by atoms with Crippen molar-refractivity contribution in [3.05, 3.63) is 65.5 Å². The van der Waals surface area contributed by atoms with Crippen LogP contribution in [0.4, 0.5) is 0 Å². The van der Waals surface area contributed by atoms with Crippen molar-refractivity contribution in [3.63, 3.8) is 0 Å². The molecule has 0 unspecified atom stereocenters. The lowest BCUT2D eigenvalue weighted by molar-refractivity contribution is -0.119. The molecule has 4 aromatic rings. The lowest BCUT2D eigenvalue weighted by Gasteiger charge is -2.14. The normalized spacial score (nSPS) is 11.9. The average molecular weight is 590 g/mol. The van der Waals surface area contributed by atoms with Gasteiger partial charge in [0.05, 0.1) is 42.4 Å². The highest BCUT2D eigenvalue weighted by atomic mass is 32.2. The summed E-state index contributed by atoms with van der Waals surface area (Å²) in [5.41, 5.74) is 6.97. The van der Waals surface area contributed by atoms with Crippen molar-refractivity contribution in [2.24, 2.45) is 5.73 Å². The number of carbonyl (C=O) groups excluding carboxylic acids is 1. The summed E-state index contributed by atoms with van der Waals surface area (Å²) in [5.74, 6) is 0.352. The Kier molecular flexibility index (Phi) is 8.00. The molecule has 40 heavy (non-hydrogen) atoms. The van der Waals surface area contributed by atoms with Gasteiger partial charge in [-0.1, -0.05) is 0 Å². The zero-order chi connectivity index (χ0) is 29.2. The first-order valence-corrected chi connectivity index (χ1v) is 14.6. The van der Waals surface area contributed by atoms with Gasteiger partial charge in [0.1, 0.15) is 17.2 Å². The van der Waals surface area contributed by atoms with Crippen LogP contribution in [0.1, 0.15) is 16.8 Å². The second-order valence-electron chi connectivity index (χ2n) is 8.62. The fraction of sp³-hybridized carbons (Fsp3) is 0.240. The first-order chi connectivity index (χ1) is 18.9. The second-order valence-corrected chi connectivity index (χ2v) is 12.1. The molecule has 15 heteroatoms. The van der Waals surface area contributed by atoms with Crippen LogP contribution in [0.5, 0.6) is 17.2 Å². The summed E-state index contributed by atoms with van der Waals surface area (Å²) in [6.45, 7) is 2.91. The van der Waals surface area contributed by atoms with Gasteiger partial charge in [0.15, 0.2) is 6.61 Å². The summed E-state index contributed by atoms with van der Waals surface area (Å²) in [7, 11) is -6.13. The Labute approximate surface area is 231 Å². The number of sulfonamides is 1. The van der Waals surface area contributed by atoms with E-state index < -0.39 is 37.7 Å². The molecule has 0 aliphatic carbocycles. The largest absolute Gasteiger partial charge is 0.497 e. The van der Waals surface area contributed by atoms with Crippen LogP contribution in [0.25, 0.3) is 11.0 Å². The van der Waals surface area contributed by atoms with Crippen LogP contribution in [0.3, 0.4) is 0 Å². The monoisotopic (exact) mass is 589 g/mol. The minimum Gasteiger partial charge on any atom is -0.497 e. The van der Waals surface area contributed by atoms with E-state index in [2.05, 4.69) is 14.7 Å². The van der Waals surface area contributed by atoms with E-state index in [-0.39, 0.29) is 28.2 Å². The van der Waals surface area contributed by atoms with E-state index in [0.717, 1.165) is 5.56 Å². The number of nitrogens with two attached hydrogens (primary N) is 1. The summed E-state index contributed by atoms with van der Waals surface area (Å²) < 4.78 is 73.6. The first kappa shape index (κ1) is 28.8. The number of pyridine rings is 1. The molecule has 13 nitrogen and oxygen atoms in total. The van der Waals surface area contributed by atoms with Crippen molar-refractivity contribution >= 4 is 37.0 Å². The van der Waals surface area contributed by atoms with Crippen LogP contribution >= 0.6 is 0 Å². The number of aromatic nitrogens is 3. The SMILES string of the molecule is COc1ccc2nc(S(=O)(=O)NCc3ncc(C)c(OC)c3C)n(S(=O)(=O)c3ccc(OCC(N)=O)cc3)c2c1. The van der Waals surface area contributed by atoms with Crippen LogP contribution < -0.4 is 24.7 Å². The van der Waals surface area contributed by atoms with Gasteiger partial charge in [-0.3, -0.25) is 9.78 Å². The van der Waals surface area contributed by atoms with E-state index in [0.29, 0.717) is 26.7 Å². The Balaban J connectivity index is 1.80. The summed E-state index contributed by atoms with van der Waals surface area (Å²) in [4.78, 5) is 19.2. The molecule has 0 aliphatic heterocycles. The third-order valence-electron chi connectivity index (χ3n) is 5.95. The van der Waals surface area contributed by atoms with Crippen LogP contribution in [-0.4, -0.2) is 57.5 Å². The molecule has 212 valence electrons. The molecule has 4 rings (SSSR count). The number of nitrogens with zero attached hydrogens (tertiary/aromatic N) is 3. The maximum absolute atomic E-state index is 13.8. The van der Waals surface area contributed by atoms with Crippen molar-refractivity contribution < 1.29 is 35.8 Å². The highest BCUT2D eigenvalue weighted by Crippen LogP contribution is 2.30. The maximum atomic E-state index is 13.8. The van der Waals surface area contributed by atoms with Gasteiger partial charge in [0.25, 0.3) is 31.1 Å². The second kappa shape index (κ2) is 11.1. The maximum Gasteiger partial charge on any atom is 0.275 e. The number of rotatable bonds is 11. The molecule has 0 saturated heterocycles. The van der Waals surface area contributed by atoms with Crippen LogP contribution in [-0.2, 0) is 31.4 Å². The molecule has 0 fully saturated rings. The van der Waals surface area contributed by atoms with E-state index in [1.807, 2.05) is 6.92 Å². The van der Waals surface area contributed by atoms with Gasteiger partial charge < -0.3 is 19.9 Å². The number of primary amides is 1. The Bertz CT molecular complexity index is 1800. The number of benzene rings is 2. The first-order valence-electron chi connectivity index (χ1n) is 11.7. The predicted octanol–water partition coefficient (Wildman–Crippen LogP) is 1.64. The van der Waals surface area contributed by atoms with Gasteiger partial charge in [-0.25, -0.2) is 30.5 Å². The summed E-state index contributed by atoms with van der Waals surface area (Å²) in [6, 6.07) is 9.44. The van der Waals surface area contributed by atoms with Crippen LogP contribution in [0.2, 0.25) is 0 Å². The number of carbonyl (C=O) groups is 1. The molecule has 2 aromatic carbocycles. The summed E-state index contributed by atoms with van der Waals surface area (Å²) in [6.07, 6.45) is 1.55. The molecule has 0 bridgehead atoms. The zero-order valence-corrected chi connectivity index (χ0v) is 23.7. The number of hydrogen-bond donors (Lipinski definition) is 2. The van der Waals surface area contributed by atoms with E-state index in [4.69, 9.17) is 19.9 Å². The fourth-order valence-electron chi connectivity index (χ4n) is 3.99. The number of methoxy groups -OCH3 is 2. The smallest absolute Gasteiger partial charge is 0.275 e. The minimum atomic E-state index is -4.52.